The van der Waals surface area contributed by atoms with E-state index in [1.165, 1.54) is 11.1 Å². The minimum atomic E-state index is -0.316. The molecule has 5 heteroatoms. The van der Waals surface area contributed by atoms with E-state index in [4.69, 9.17) is 9.73 Å². The molecule has 1 aliphatic rings. The van der Waals surface area contributed by atoms with Crippen LogP contribution in [0.4, 0.5) is 0 Å². The molecule has 31 heavy (non-hydrogen) atoms. The number of carbonyl (C=O) groups excluding carboxylic acids is 1. The highest BCUT2D eigenvalue weighted by atomic mass is 16.5. The lowest BCUT2D eigenvalue weighted by Crippen LogP contribution is -2.07. The molecule has 0 fully saturated rings. The normalized spacial score (nSPS) is 15.0. The molecule has 3 aromatic rings. The second-order valence-electron chi connectivity index (χ2n) is 7.76. The first-order valence-electron chi connectivity index (χ1n) is 10.5. The number of aromatic amines is 2. The van der Waals surface area contributed by atoms with E-state index >= 15 is 0 Å². The summed E-state index contributed by atoms with van der Waals surface area (Å²) in [5.74, 6) is -0.316. The Bertz CT molecular complexity index is 1190. The number of allylic oxidation sites excluding steroid dienone is 2. The number of nitrogens with zero attached hydrogens (tertiary/aromatic N) is 1. The summed E-state index contributed by atoms with van der Waals surface area (Å²) in [6.07, 6.45) is 4.83. The fraction of sp³-hybridized carbons (Fsp3) is 0.231. The molecule has 1 aliphatic heterocycles. The van der Waals surface area contributed by atoms with Gasteiger partial charge in [-0.25, -0.2) is 9.79 Å². The lowest BCUT2D eigenvalue weighted by molar-refractivity contribution is 0.0471. The van der Waals surface area contributed by atoms with Crippen molar-refractivity contribution in [3.05, 3.63) is 99.3 Å². The lowest BCUT2D eigenvalue weighted by atomic mass is 10.0. The molecule has 2 aromatic heterocycles. The molecule has 0 aliphatic carbocycles. The van der Waals surface area contributed by atoms with Gasteiger partial charge >= 0.3 is 5.97 Å². The summed E-state index contributed by atoms with van der Waals surface area (Å²) < 4.78 is 5.56. The van der Waals surface area contributed by atoms with Crippen molar-refractivity contribution >= 4 is 17.8 Å². The molecule has 1 aromatic carbocycles. The van der Waals surface area contributed by atoms with Crippen LogP contribution in [0.25, 0.3) is 6.08 Å². The second-order valence-corrected chi connectivity index (χ2v) is 7.76. The summed E-state index contributed by atoms with van der Waals surface area (Å²) in [5.41, 5.74) is 9.42. The fourth-order valence-corrected chi connectivity index (χ4v) is 4.07. The number of benzene rings is 1. The Hall–Kier alpha value is -3.60. The monoisotopic (exact) mass is 413 g/mol. The summed E-state index contributed by atoms with van der Waals surface area (Å²) in [4.78, 5) is 24.3. The molecule has 0 bridgehead atoms. The third-order valence-electron chi connectivity index (χ3n) is 5.73. The van der Waals surface area contributed by atoms with E-state index in [0.717, 1.165) is 46.0 Å². The van der Waals surface area contributed by atoms with Crippen LogP contribution >= 0.6 is 0 Å². The summed E-state index contributed by atoms with van der Waals surface area (Å²) in [6, 6.07) is 13.7. The number of aliphatic imine (C=N–C) groups is 1. The van der Waals surface area contributed by atoms with Crippen molar-refractivity contribution in [2.75, 3.05) is 0 Å². The van der Waals surface area contributed by atoms with E-state index < -0.39 is 0 Å². The van der Waals surface area contributed by atoms with Gasteiger partial charge in [-0.2, -0.15) is 0 Å². The molecule has 0 spiro atoms. The molecule has 0 saturated heterocycles. The quantitative estimate of drug-likeness (QED) is 0.495. The fourth-order valence-electron chi connectivity index (χ4n) is 4.07. The number of aryl methyl sites for hydroxylation is 1. The van der Waals surface area contributed by atoms with Crippen LogP contribution in [0.15, 0.2) is 70.5 Å². The molecule has 4 rings (SSSR count). The first kappa shape index (κ1) is 20.7. The van der Waals surface area contributed by atoms with Crippen LogP contribution in [0.1, 0.15) is 58.8 Å². The first-order valence-corrected chi connectivity index (χ1v) is 10.5. The van der Waals surface area contributed by atoms with Gasteiger partial charge in [-0.05, 0) is 67.7 Å². The van der Waals surface area contributed by atoms with Gasteiger partial charge in [0.15, 0.2) is 0 Å². The largest absolute Gasteiger partial charge is 0.457 e. The van der Waals surface area contributed by atoms with E-state index in [1.54, 1.807) is 0 Å². The third kappa shape index (κ3) is 4.04. The number of hydrogen-bond acceptors (Lipinski definition) is 3. The van der Waals surface area contributed by atoms with E-state index in [0.29, 0.717) is 5.56 Å². The number of H-pyrrole nitrogens is 2. The Kier molecular flexibility index (Phi) is 5.76. The van der Waals surface area contributed by atoms with E-state index in [9.17, 15) is 4.79 Å². The number of ether oxygens (including phenoxy) is 1. The highest BCUT2D eigenvalue weighted by Crippen LogP contribution is 2.32. The number of rotatable bonds is 6. The number of carbonyl (C=O) groups is 1. The minimum absolute atomic E-state index is 0.256. The number of nitrogens with one attached hydrogen (secondary N) is 2. The van der Waals surface area contributed by atoms with Crippen LogP contribution < -0.4 is 0 Å². The molecule has 3 heterocycles. The predicted molar refractivity (Wildman–Crippen MR) is 124 cm³/mol. The van der Waals surface area contributed by atoms with Crippen molar-refractivity contribution in [3.63, 3.8) is 0 Å². The Morgan fingerprint density at radius 3 is 2.55 bits per heavy atom. The van der Waals surface area contributed by atoms with Gasteiger partial charge in [0.05, 0.1) is 22.7 Å². The van der Waals surface area contributed by atoms with Crippen LogP contribution in [0, 0.1) is 13.8 Å². The highest BCUT2D eigenvalue weighted by Gasteiger charge is 2.23. The summed E-state index contributed by atoms with van der Waals surface area (Å²) >= 11 is 0. The highest BCUT2D eigenvalue weighted by molar-refractivity contribution is 6.15. The van der Waals surface area contributed by atoms with Gasteiger partial charge in [0.2, 0.25) is 0 Å². The molecular formula is C26H27N3O2. The maximum atomic E-state index is 12.8. The van der Waals surface area contributed by atoms with Crippen LogP contribution in [0.5, 0.6) is 0 Å². The van der Waals surface area contributed by atoms with Crippen molar-refractivity contribution in [3.8, 4) is 0 Å². The lowest BCUT2D eigenvalue weighted by Gasteiger charge is -2.06. The van der Waals surface area contributed by atoms with E-state index in [-0.39, 0.29) is 12.6 Å². The zero-order valence-electron chi connectivity index (χ0n) is 18.4. The Morgan fingerprint density at radius 1 is 1.10 bits per heavy atom. The molecule has 5 nitrogen and oxygen atoms in total. The zero-order valence-corrected chi connectivity index (χ0v) is 18.4. The van der Waals surface area contributed by atoms with Crippen LogP contribution in [-0.4, -0.2) is 21.6 Å². The minimum Gasteiger partial charge on any atom is -0.457 e. The van der Waals surface area contributed by atoms with E-state index in [2.05, 4.69) is 23.8 Å². The van der Waals surface area contributed by atoms with Crippen molar-refractivity contribution < 1.29 is 9.53 Å². The SMILES string of the molecule is CCC1=C(C)C(c2ccc[nH]2)=N/C1=C\c1[nH]c(C)c(C(=O)OCc2ccccc2)c1C. The average molecular weight is 414 g/mol. The molecule has 158 valence electrons. The summed E-state index contributed by atoms with van der Waals surface area (Å²) in [5, 5.41) is 0. The summed E-state index contributed by atoms with van der Waals surface area (Å²) in [7, 11) is 0. The van der Waals surface area contributed by atoms with Crippen molar-refractivity contribution in [1.82, 2.24) is 9.97 Å². The van der Waals surface area contributed by atoms with Crippen LogP contribution in [0.2, 0.25) is 0 Å². The first-order chi connectivity index (χ1) is 15.0. The molecule has 0 unspecified atom stereocenters. The van der Waals surface area contributed by atoms with Crippen molar-refractivity contribution in [2.24, 2.45) is 4.99 Å². The third-order valence-corrected chi connectivity index (χ3v) is 5.73. The summed E-state index contributed by atoms with van der Waals surface area (Å²) in [6.45, 7) is 8.35. The van der Waals surface area contributed by atoms with Gasteiger partial charge in [0.1, 0.15) is 6.61 Å². The van der Waals surface area contributed by atoms with Crippen LogP contribution in [-0.2, 0) is 11.3 Å². The maximum absolute atomic E-state index is 12.8. The molecule has 2 N–H and O–H groups in total. The molecule has 0 amide bonds. The average Bonchev–Trinajstić information content (AvgIpc) is 3.46. The molecule has 0 radical (unpaired) electrons. The molecule has 0 atom stereocenters. The Morgan fingerprint density at radius 2 is 1.87 bits per heavy atom. The van der Waals surface area contributed by atoms with Gasteiger partial charge in [-0.15, -0.1) is 0 Å². The van der Waals surface area contributed by atoms with Gasteiger partial charge in [-0.3, -0.25) is 0 Å². The van der Waals surface area contributed by atoms with E-state index in [1.807, 2.05) is 68.6 Å². The zero-order chi connectivity index (χ0) is 22.0. The molecular weight excluding hydrogens is 386 g/mol. The number of aromatic nitrogens is 2. The van der Waals surface area contributed by atoms with Gasteiger partial charge in [0.25, 0.3) is 0 Å². The Balaban J connectivity index is 1.62. The van der Waals surface area contributed by atoms with Crippen molar-refractivity contribution in [2.45, 2.75) is 40.7 Å². The number of hydrogen-bond donors (Lipinski definition) is 2. The van der Waals surface area contributed by atoms with Gasteiger partial charge in [-0.1, -0.05) is 37.3 Å². The van der Waals surface area contributed by atoms with Crippen molar-refractivity contribution in [1.29, 1.82) is 0 Å². The van der Waals surface area contributed by atoms with Gasteiger partial charge in [0, 0.05) is 17.6 Å². The second kappa shape index (κ2) is 8.64. The topological polar surface area (TPSA) is 70.2 Å². The smallest absolute Gasteiger partial charge is 0.340 e. The van der Waals surface area contributed by atoms with Crippen LogP contribution in [0.3, 0.4) is 0 Å². The predicted octanol–water partition coefficient (Wildman–Crippen LogP) is 5.89. The van der Waals surface area contributed by atoms with Gasteiger partial charge < -0.3 is 14.7 Å². The number of esters is 1. The Labute approximate surface area is 182 Å². The standard InChI is InChI=1S/C26H27N3O2/c1-5-20-16(2)25(21-12-9-13-27-21)29-23(20)14-22-17(3)24(18(4)28-22)26(30)31-15-19-10-7-6-8-11-19/h6-14,27-28H,5,15H2,1-4H3/b23-14-. The maximum Gasteiger partial charge on any atom is 0.340 e. The molecule has 0 saturated carbocycles.